The van der Waals surface area contributed by atoms with Crippen LogP contribution in [-0.4, -0.2) is 54.2 Å². The van der Waals surface area contributed by atoms with Crippen LogP contribution in [0, 0.1) is 0 Å². The van der Waals surface area contributed by atoms with Gasteiger partial charge in [0.2, 0.25) is 11.9 Å². The molecule has 35 heavy (non-hydrogen) atoms. The van der Waals surface area contributed by atoms with Crippen LogP contribution in [0.25, 0.3) is 16.5 Å². The van der Waals surface area contributed by atoms with Gasteiger partial charge in [0.15, 0.2) is 5.78 Å². The first-order valence-electron chi connectivity index (χ1n) is 11.5. The van der Waals surface area contributed by atoms with Crippen LogP contribution < -0.4 is 10.2 Å². The average molecular weight is 468 g/mol. The lowest BCUT2D eigenvalue weighted by Crippen LogP contribution is -2.24. The molecule has 4 rings (SSSR count). The van der Waals surface area contributed by atoms with Gasteiger partial charge in [-0.05, 0) is 62.5 Å². The molecule has 0 spiro atoms. The number of carbonyl (C=O) groups is 2. The molecular weight excluding hydrogens is 438 g/mol. The summed E-state index contributed by atoms with van der Waals surface area (Å²) in [7, 11) is 5.65. The van der Waals surface area contributed by atoms with Crippen LogP contribution in [0.3, 0.4) is 0 Å². The summed E-state index contributed by atoms with van der Waals surface area (Å²) < 4.78 is 0. The quantitative estimate of drug-likeness (QED) is 0.505. The Bertz CT molecular complexity index is 1370. The van der Waals surface area contributed by atoms with Crippen LogP contribution in [0.1, 0.15) is 18.9 Å². The molecule has 0 aliphatic heterocycles. The van der Waals surface area contributed by atoms with E-state index in [1.807, 2.05) is 86.6 Å². The number of hydrogen-bond donors (Lipinski definition) is 1. The molecule has 178 valence electrons. The SMILES string of the molecule is CC1=C(c2ccc3nc(Nc4cccc(N(C)C(=O)/C=C/CN(C)C)c4)ncc3c2)C(=O)CC=C1. The second-order valence-electron chi connectivity index (χ2n) is 8.79. The van der Waals surface area contributed by atoms with Gasteiger partial charge >= 0.3 is 0 Å². The lowest BCUT2D eigenvalue weighted by molar-refractivity contribution is -0.114. The van der Waals surface area contributed by atoms with E-state index in [9.17, 15) is 9.59 Å². The Balaban J connectivity index is 1.52. The van der Waals surface area contributed by atoms with E-state index in [1.165, 1.54) is 0 Å². The first-order valence-corrected chi connectivity index (χ1v) is 11.5. The minimum Gasteiger partial charge on any atom is -0.324 e. The van der Waals surface area contributed by atoms with Gasteiger partial charge in [0.05, 0.1) is 5.52 Å². The Kier molecular flexibility index (Phi) is 7.17. The monoisotopic (exact) mass is 467 g/mol. The molecule has 0 radical (unpaired) electrons. The van der Waals surface area contributed by atoms with Crippen molar-refractivity contribution in [2.75, 3.05) is 37.9 Å². The molecule has 0 atom stereocenters. The fourth-order valence-corrected chi connectivity index (χ4v) is 3.91. The van der Waals surface area contributed by atoms with Crippen molar-refractivity contribution in [3.63, 3.8) is 0 Å². The standard InChI is InChI=1S/C28H29N5O2/c1-19-8-5-11-25(34)27(19)20-13-14-24-21(16-20)18-29-28(31-24)30-22-9-6-10-23(17-22)33(4)26(35)12-7-15-32(2)3/h5-10,12-14,16-18H,11,15H2,1-4H3,(H,29,30,31)/b12-7+. The van der Waals surface area contributed by atoms with E-state index in [4.69, 9.17) is 0 Å². The number of carbonyl (C=O) groups excluding carboxylic acids is 2. The second-order valence-corrected chi connectivity index (χ2v) is 8.79. The fourth-order valence-electron chi connectivity index (χ4n) is 3.91. The summed E-state index contributed by atoms with van der Waals surface area (Å²) in [4.78, 5) is 37.6. The molecule has 0 saturated carbocycles. The maximum Gasteiger partial charge on any atom is 0.250 e. The summed E-state index contributed by atoms with van der Waals surface area (Å²) in [5, 5.41) is 4.08. The first kappa shape index (κ1) is 24.0. The van der Waals surface area contributed by atoms with Crippen LogP contribution in [0.5, 0.6) is 0 Å². The Morgan fingerprint density at radius 2 is 1.97 bits per heavy atom. The van der Waals surface area contributed by atoms with E-state index in [1.54, 1.807) is 24.2 Å². The van der Waals surface area contributed by atoms with E-state index in [0.29, 0.717) is 18.9 Å². The molecule has 1 amide bonds. The van der Waals surface area contributed by atoms with Crippen molar-refractivity contribution in [2.45, 2.75) is 13.3 Å². The Labute approximate surface area is 205 Å². The first-order chi connectivity index (χ1) is 16.8. The summed E-state index contributed by atoms with van der Waals surface area (Å²) in [6.07, 6.45) is 9.49. The topological polar surface area (TPSA) is 78.4 Å². The second kappa shape index (κ2) is 10.4. The van der Waals surface area contributed by atoms with E-state index in [2.05, 4.69) is 15.3 Å². The van der Waals surface area contributed by atoms with E-state index >= 15 is 0 Å². The van der Waals surface area contributed by atoms with Gasteiger partial charge in [0.1, 0.15) is 0 Å². The Hall–Kier alpha value is -4.10. The molecule has 7 heteroatoms. The van der Waals surface area contributed by atoms with Crippen molar-refractivity contribution in [1.29, 1.82) is 0 Å². The van der Waals surface area contributed by atoms with Crippen molar-refractivity contribution in [3.05, 3.63) is 84.1 Å². The molecule has 0 fully saturated rings. The molecule has 1 aliphatic carbocycles. The number of aromatic nitrogens is 2. The van der Waals surface area contributed by atoms with Crippen molar-refractivity contribution in [2.24, 2.45) is 0 Å². The third kappa shape index (κ3) is 5.70. The largest absolute Gasteiger partial charge is 0.324 e. The summed E-state index contributed by atoms with van der Waals surface area (Å²) in [5.74, 6) is 0.480. The molecule has 1 heterocycles. The number of Topliss-reactive ketones (excluding diaryl/α,β-unsaturated/α-hetero) is 1. The van der Waals surface area contributed by atoms with Gasteiger partial charge in [-0.15, -0.1) is 0 Å². The van der Waals surface area contributed by atoms with E-state index in [0.717, 1.165) is 39.0 Å². The lowest BCUT2D eigenvalue weighted by Gasteiger charge is -2.17. The third-order valence-electron chi connectivity index (χ3n) is 5.76. The maximum atomic E-state index is 12.5. The molecule has 0 unspecified atom stereocenters. The molecule has 0 saturated heterocycles. The van der Waals surface area contributed by atoms with Gasteiger partial charge in [0, 0.05) is 54.6 Å². The van der Waals surface area contributed by atoms with Gasteiger partial charge in [0.25, 0.3) is 0 Å². The Morgan fingerprint density at radius 1 is 1.14 bits per heavy atom. The predicted octanol–water partition coefficient (Wildman–Crippen LogP) is 4.76. The number of likely N-dealkylation sites (N-methyl/N-ethyl adjacent to an activating group) is 2. The zero-order chi connectivity index (χ0) is 24.9. The Morgan fingerprint density at radius 3 is 2.74 bits per heavy atom. The molecule has 1 aliphatic rings. The van der Waals surface area contributed by atoms with Crippen LogP contribution in [0.4, 0.5) is 17.3 Å². The molecule has 1 N–H and O–H groups in total. The van der Waals surface area contributed by atoms with Crippen LogP contribution >= 0.6 is 0 Å². The predicted molar refractivity (Wildman–Crippen MR) is 142 cm³/mol. The number of fused-ring (bicyclic) bond motifs is 1. The van der Waals surface area contributed by atoms with Gasteiger partial charge in [-0.3, -0.25) is 9.59 Å². The van der Waals surface area contributed by atoms with Gasteiger partial charge in [-0.2, -0.15) is 0 Å². The molecule has 1 aromatic heterocycles. The van der Waals surface area contributed by atoms with Crippen molar-refractivity contribution in [3.8, 4) is 0 Å². The number of ketones is 1. The molecule has 3 aromatic rings. The van der Waals surface area contributed by atoms with Crippen molar-refractivity contribution >= 4 is 45.5 Å². The summed E-state index contributed by atoms with van der Waals surface area (Å²) in [5.41, 5.74) is 4.91. The normalized spacial score (nSPS) is 13.8. The van der Waals surface area contributed by atoms with Crippen LogP contribution in [0.15, 0.2) is 78.5 Å². The van der Waals surface area contributed by atoms with Gasteiger partial charge in [-0.25, -0.2) is 9.97 Å². The number of nitrogens with zero attached hydrogens (tertiary/aromatic N) is 4. The minimum absolute atomic E-state index is 0.0981. The zero-order valence-corrected chi connectivity index (χ0v) is 20.4. The minimum atomic E-state index is -0.0981. The third-order valence-corrected chi connectivity index (χ3v) is 5.76. The maximum absolute atomic E-state index is 12.5. The van der Waals surface area contributed by atoms with Crippen LogP contribution in [-0.2, 0) is 9.59 Å². The fraction of sp³-hybridized carbons (Fsp3) is 0.214. The average Bonchev–Trinajstić information content (AvgIpc) is 2.83. The number of rotatable bonds is 7. The van der Waals surface area contributed by atoms with Crippen LogP contribution in [0.2, 0.25) is 0 Å². The molecule has 2 aromatic carbocycles. The van der Waals surface area contributed by atoms with E-state index < -0.39 is 0 Å². The smallest absolute Gasteiger partial charge is 0.250 e. The highest BCUT2D eigenvalue weighted by molar-refractivity contribution is 6.23. The lowest BCUT2D eigenvalue weighted by atomic mass is 9.91. The van der Waals surface area contributed by atoms with Crippen molar-refractivity contribution < 1.29 is 9.59 Å². The number of hydrogen-bond acceptors (Lipinski definition) is 6. The number of allylic oxidation sites excluding steroid dienone is 4. The highest BCUT2D eigenvalue weighted by Crippen LogP contribution is 2.28. The molecular formula is C28H29N5O2. The summed E-state index contributed by atoms with van der Waals surface area (Å²) in [6.45, 7) is 2.66. The van der Waals surface area contributed by atoms with E-state index in [-0.39, 0.29) is 11.7 Å². The summed E-state index contributed by atoms with van der Waals surface area (Å²) >= 11 is 0. The number of nitrogens with one attached hydrogen (secondary N) is 1. The number of anilines is 3. The molecule has 7 nitrogen and oxygen atoms in total. The number of benzene rings is 2. The van der Waals surface area contributed by atoms with Gasteiger partial charge in [-0.1, -0.05) is 30.4 Å². The number of amides is 1. The zero-order valence-electron chi connectivity index (χ0n) is 20.4. The molecule has 0 bridgehead atoms. The van der Waals surface area contributed by atoms with Crippen molar-refractivity contribution in [1.82, 2.24) is 14.9 Å². The highest BCUT2D eigenvalue weighted by atomic mass is 16.2. The summed E-state index contributed by atoms with van der Waals surface area (Å²) in [6, 6.07) is 13.3. The highest BCUT2D eigenvalue weighted by Gasteiger charge is 2.17. The van der Waals surface area contributed by atoms with Gasteiger partial charge < -0.3 is 15.1 Å².